The quantitative estimate of drug-likeness (QED) is 0.762. The Kier molecular flexibility index (Phi) is 2.31. The Labute approximate surface area is 102 Å². The molecule has 2 aliphatic rings. The molecule has 2 fully saturated rings. The molecule has 2 atom stereocenters. The summed E-state index contributed by atoms with van der Waals surface area (Å²) in [5.74, 6) is 0.876. The first kappa shape index (κ1) is 10.6. The van der Waals surface area contributed by atoms with Crippen LogP contribution in [0.5, 0.6) is 0 Å². The van der Waals surface area contributed by atoms with Gasteiger partial charge in [-0.05, 0) is 43.0 Å². The molecule has 86 valence electrons. The van der Waals surface area contributed by atoms with E-state index in [0.717, 1.165) is 17.4 Å². The molecule has 2 heteroatoms. The first-order chi connectivity index (χ1) is 7.65. The van der Waals surface area contributed by atoms with Crippen molar-refractivity contribution in [2.24, 2.45) is 5.92 Å². The van der Waals surface area contributed by atoms with Gasteiger partial charge in [-0.15, -0.1) is 0 Å². The van der Waals surface area contributed by atoms with E-state index in [-0.39, 0.29) is 0 Å². The highest BCUT2D eigenvalue weighted by atomic mass is 35.5. The number of likely N-dealkylation sites (N-methyl/N-ethyl adjacent to an activating group) is 1. The fourth-order valence-electron chi connectivity index (χ4n) is 3.32. The molecule has 3 rings (SSSR count). The number of nitrogens with zero attached hydrogens (tertiary/aromatic N) is 1. The summed E-state index contributed by atoms with van der Waals surface area (Å²) >= 11 is 6.31. The second-order valence-corrected chi connectivity index (χ2v) is 5.82. The van der Waals surface area contributed by atoms with Crippen LogP contribution in [0, 0.1) is 5.92 Å². The minimum absolute atomic E-state index is 0.449. The predicted molar refractivity (Wildman–Crippen MR) is 68.1 cm³/mol. The van der Waals surface area contributed by atoms with Crippen LogP contribution >= 0.6 is 11.6 Å². The number of halogens is 1. The maximum absolute atomic E-state index is 6.31. The van der Waals surface area contributed by atoms with Crippen molar-refractivity contribution in [1.82, 2.24) is 4.90 Å². The zero-order valence-electron chi connectivity index (χ0n) is 9.96. The van der Waals surface area contributed by atoms with Crippen LogP contribution in [0.25, 0.3) is 0 Å². The van der Waals surface area contributed by atoms with E-state index in [9.17, 15) is 0 Å². The van der Waals surface area contributed by atoms with Crippen LogP contribution in [0.2, 0.25) is 5.02 Å². The molecule has 1 aromatic carbocycles. The Morgan fingerprint density at radius 3 is 2.88 bits per heavy atom. The van der Waals surface area contributed by atoms with Crippen molar-refractivity contribution in [3.63, 3.8) is 0 Å². The van der Waals surface area contributed by atoms with E-state index >= 15 is 0 Å². The van der Waals surface area contributed by atoms with Gasteiger partial charge in [-0.3, -0.25) is 0 Å². The molecule has 0 radical (unpaired) electrons. The van der Waals surface area contributed by atoms with E-state index in [1.54, 1.807) is 0 Å². The molecular weight excluding hydrogens is 218 g/mol. The normalized spacial score (nSPS) is 32.8. The lowest BCUT2D eigenvalue weighted by molar-refractivity contribution is 0.363. The number of fused-ring (bicyclic) bond motifs is 1. The third-order valence-corrected chi connectivity index (χ3v) is 4.68. The highest BCUT2D eigenvalue weighted by molar-refractivity contribution is 6.31. The molecule has 2 unspecified atom stereocenters. The fraction of sp³-hybridized carbons (Fsp3) is 0.571. The summed E-state index contributed by atoms with van der Waals surface area (Å²) in [7, 11) is 2.22. The minimum atomic E-state index is 0.449. The molecule has 1 nitrogen and oxygen atoms in total. The van der Waals surface area contributed by atoms with Crippen molar-refractivity contribution < 1.29 is 0 Å². The molecular formula is C14H18ClN. The first-order valence-corrected chi connectivity index (χ1v) is 6.51. The molecule has 1 aromatic rings. The van der Waals surface area contributed by atoms with Gasteiger partial charge in [-0.25, -0.2) is 0 Å². The van der Waals surface area contributed by atoms with Crippen molar-refractivity contribution in [3.8, 4) is 0 Å². The molecule has 0 aromatic heterocycles. The lowest BCUT2D eigenvalue weighted by Gasteiger charge is -2.17. The van der Waals surface area contributed by atoms with Gasteiger partial charge in [0.2, 0.25) is 0 Å². The van der Waals surface area contributed by atoms with Crippen LogP contribution < -0.4 is 0 Å². The lowest BCUT2D eigenvalue weighted by atomic mass is 9.94. The van der Waals surface area contributed by atoms with E-state index in [4.69, 9.17) is 11.6 Å². The average molecular weight is 236 g/mol. The Hall–Kier alpha value is -0.530. The molecule has 1 aliphatic heterocycles. The van der Waals surface area contributed by atoms with Gasteiger partial charge >= 0.3 is 0 Å². The number of rotatable bonds is 2. The van der Waals surface area contributed by atoms with Crippen molar-refractivity contribution in [3.05, 3.63) is 34.3 Å². The Balaban J connectivity index is 1.94. The van der Waals surface area contributed by atoms with E-state index < -0.39 is 0 Å². The zero-order valence-corrected chi connectivity index (χ0v) is 10.7. The van der Waals surface area contributed by atoms with Gasteiger partial charge < -0.3 is 4.90 Å². The topological polar surface area (TPSA) is 3.24 Å². The maximum atomic E-state index is 6.31. The highest BCUT2D eigenvalue weighted by Gasteiger charge is 2.59. The SMILES string of the molecule is CCc1ccc(C23CC2CN(C)C3)cc1Cl. The molecule has 0 spiro atoms. The highest BCUT2D eigenvalue weighted by Crippen LogP contribution is 2.58. The number of hydrogen-bond donors (Lipinski definition) is 0. The van der Waals surface area contributed by atoms with E-state index in [1.165, 1.54) is 30.6 Å². The molecule has 1 saturated carbocycles. The third-order valence-electron chi connectivity index (χ3n) is 4.33. The van der Waals surface area contributed by atoms with Crippen LogP contribution in [0.15, 0.2) is 18.2 Å². The van der Waals surface area contributed by atoms with Crippen LogP contribution in [0.3, 0.4) is 0 Å². The molecule has 1 heterocycles. The summed E-state index contributed by atoms with van der Waals surface area (Å²) in [5, 5.41) is 0.953. The van der Waals surface area contributed by atoms with Crippen LogP contribution in [0.4, 0.5) is 0 Å². The number of benzene rings is 1. The van der Waals surface area contributed by atoms with Gasteiger partial charge in [0.1, 0.15) is 0 Å². The van der Waals surface area contributed by atoms with Gasteiger partial charge in [0.05, 0.1) is 0 Å². The number of hydrogen-bond acceptors (Lipinski definition) is 1. The summed E-state index contributed by atoms with van der Waals surface area (Å²) in [5.41, 5.74) is 3.18. The molecule has 0 bridgehead atoms. The molecule has 1 aliphatic carbocycles. The van der Waals surface area contributed by atoms with Crippen molar-refractivity contribution in [1.29, 1.82) is 0 Å². The van der Waals surface area contributed by atoms with Crippen LogP contribution in [-0.2, 0) is 11.8 Å². The first-order valence-electron chi connectivity index (χ1n) is 6.13. The van der Waals surface area contributed by atoms with E-state index in [2.05, 4.69) is 37.1 Å². The van der Waals surface area contributed by atoms with Gasteiger partial charge in [0, 0.05) is 23.5 Å². The van der Waals surface area contributed by atoms with Crippen molar-refractivity contribution >= 4 is 11.6 Å². The Morgan fingerprint density at radius 2 is 2.31 bits per heavy atom. The summed E-state index contributed by atoms with van der Waals surface area (Å²) in [6, 6.07) is 6.71. The largest absolute Gasteiger partial charge is 0.305 e. The molecule has 0 amide bonds. The molecule has 1 saturated heterocycles. The summed E-state index contributed by atoms with van der Waals surface area (Å²) < 4.78 is 0. The van der Waals surface area contributed by atoms with Gasteiger partial charge in [0.25, 0.3) is 0 Å². The molecule has 16 heavy (non-hydrogen) atoms. The third kappa shape index (κ3) is 1.42. The average Bonchev–Trinajstić information content (AvgIpc) is 2.83. The minimum Gasteiger partial charge on any atom is -0.305 e. The van der Waals surface area contributed by atoms with Crippen molar-refractivity contribution in [2.75, 3.05) is 20.1 Å². The van der Waals surface area contributed by atoms with Crippen LogP contribution in [0.1, 0.15) is 24.5 Å². The summed E-state index contributed by atoms with van der Waals surface area (Å²) in [6.07, 6.45) is 2.38. The van der Waals surface area contributed by atoms with E-state index in [1.807, 2.05) is 0 Å². The smallest absolute Gasteiger partial charge is 0.0440 e. The second-order valence-electron chi connectivity index (χ2n) is 5.41. The Morgan fingerprint density at radius 1 is 1.50 bits per heavy atom. The number of piperidine rings is 1. The number of aryl methyl sites for hydroxylation is 1. The predicted octanol–water partition coefficient (Wildman–Crippen LogP) is 3.11. The molecule has 0 N–H and O–H groups in total. The second kappa shape index (κ2) is 3.48. The zero-order chi connectivity index (χ0) is 11.3. The van der Waals surface area contributed by atoms with Gasteiger partial charge in [0.15, 0.2) is 0 Å². The number of likely N-dealkylation sites (tertiary alicyclic amines) is 1. The lowest BCUT2D eigenvalue weighted by Crippen LogP contribution is -2.22. The maximum Gasteiger partial charge on any atom is 0.0440 e. The fourth-order valence-corrected chi connectivity index (χ4v) is 3.64. The standard InChI is InChI=1S/C14H18ClN/c1-3-10-4-5-11(6-13(10)15)14-7-12(14)8-16(2)9-14/h4-6,12H,3,7-9H2,1-2H3. The van der Waals surface area contributed by atoms with E-state index in [0.29, 0.717) is 5.41 Å². The van der Waals surface area contributed by atoms with Gasteiger partial charge in [-0.2, -0.15) is 0 Å². The monoisotopic (exact) mass is 235 g/mol. The van der Waals surface area contributed by atoms with Crippen LogP contribution in [-0.4, -0.2) is 25.0 Å². The summed E-state index contributed by atoms with van der Waals surface area (Å²) in [6.45, 7) is 4.62. The van der Waals surface area contributed by atoms with Crippen molar-refractivity contribution in [2.45, 2.75) is 25.2 Å². The Bertz CT molecular complexity index is 429. The summed E-state index contributed by atoms with van der Waals surface area (Å²) in [4.78, 5) is 2.44. The van der Waals surface area contributed by atoms with Gasteiger partial charge in [-0.1, -0.05) is 30.7 Å².